The van der Waals surface area contributed by atoms with Crippen molar-refractivity contribution in [1.29, 1.82) is 0 Å². The van der Waals surface area contributed by atoms with Crippen LogP contribution in [0.25, 0.3) is 0 Å². The van der Waals surface area contributed by atoms with Crippen molar-refractivity contribution >= 4 is 17.6 Å². The van der Waals surface area contributed by atoms with Crippen LogP contribution < -0.4 is 10.1 Å². The highest BCUT2D eigenvalue weighted by Gasteiger charge is 2.12. The second-order valence-electron chi connectivity index (χ2n) is 5.19. The van der Waals surface area contributed by atoms with Crippen LogP contribution in [0.15, 0.2) is 42.5 Å². The number of aromatic carboxylic acids is 1. The summed E-state index contributed by atoms with van der Waals surface area (Å²) in [6.07, 6.45) is -0.00572. The van der Waals surface area contributed by atoms with Crippen LogP contribution in [-0.2, 0) is 0 Å². The van der Waals surface area contributed by atoms with Gasteiger partial charge in [-0.1, -0.05) is 6.07 Å². The molecule has 0 aromatic heterocycles. The lowest BCUT2D eigenvalue weighted by atomic mass is 10.1. The molecule has 0 heterocycles. The first kappa shape index (κ1) is 16.4. The van der Waals surface area contributed by atoms with Gasteiger partial charge in [0, 0.05) is 17.3 Å². The molecule has 120 valence electrons. The monoisotopic (exact) mass is 315 g/mol. The molecule has 23 heavy (non-hydrogen) atoms. The molecular weight excluding hydrogens is 298 g/mol. The number of hydrogen-bond acceptors (Lipinski definition) is 4. The number of aromatic hydroxyl groups is 1. The molecule has 0 aliphatic rings. The third-order valence-corrected chi connectivity index (χ3v) is 2.95. The smallest absolute Gasteiger partial charge is 0.339 e. The molecule has 0 aliphatic heterocycles. The van der Waals surface area contributed by atoms with E-state index in [0.717, 1.165) is 0 Å². The quantitative estimate of drug-likeness (QED) is 0.788. The van der Waals surface area contributed by atoms with Crippen LogP contribution in [0.1, 0.15) is 34.6 Å². The first-order valence-corrected chi connectivity index (χ1v) is 7.01. The van der Waals surface area contributed by atoms with Crippen molar-refractivity contribution < 1.29 is 24.5 Å². The topological polar surface area (TPSA) is 95.9 Å². The predicted octanol–water partition coefficient (Wildman–Crippen LogP) is 3.13. The molecule has 2 rings (SSSR count). The molecule has 2 aromatic rings. The van der Waals surface area contributed by atoms with E-state index < -0.39 is 11.7 Å². The molecule has 0 spiro atoms. The number of anilines is 1. The summed E-state index contributed by atoms with van der Waals surface area (Å²) in [5.74, 6) is -1.45. The minimum Gasteiger partial charge on any atom is -0.507 e. The average molecular weight is 315 g/mol. The van der Waals surface area contributed by atoms with Gasteiger partial charge in [0.15, 0.2) is 0 Å². The Morgan fingerprint density at radius 1 is 1.13 bits per heavy atom. The number of carboxylic acids is 1. The maximum atomic E-state index is 12.2. The maximum Gasteiger partial charge on any atom is 0.339 e. The summed E-state index contributed by atoms with van der Waals surface area (Å²) < 4.78 is 5.53. The van der Waals surface area contributed by atoms with Crippen LogP contribution in [0, 0.1) is 0 Å². The number of ether oxygens (including phenoxy) is 1. The molecule has 1 amide bonds. The van der Waals surface area contributed by atoms with Gasteiger partial charge in [0.05, 0.1) is 6.10 Å². The van der Waals surface area contributed by atoms with Gasteiger partial charge >= 0.3 is 5.97 Å². The largest absolute Gasteiger partial charge is 0.507 e. The normalized spacial score (nSPS) is 10.4. The van der Waals surface area contributed by atoms with E-state index in [1.54, 1.807) is 24.3 Å². The summed E-state index contributed by atoms with van der Waals surface area (Å²) >= 11 is 0. The lowest BCUT2D eigenvalue weighted by Gasteiger charge is -2.11. The van der Waals surface area contributed by atoms with Crippen LogP contribution in [0.3, 0.4) is 0 Å². The molecule has 0 saturated carbocycles. The Kier molecular flexibility index (Phi) is 4.85. The van der Waals surface area contributed by atoms with Gasteiger partial charge in [0.25, 0.3) is 5.91 Å². The van der Waals surface area contributed by atoms with Gasteiger partial charge in [-0.3, -0.25) is 4.79 Å². The fourth-order valence-electron chi connectivity index (χ4n) is 1.98. The highest BCUT2D eigenvalue weighted by molar-refractivity contribution is 6.05. The fourth-order valence-corrected chi connectivity index (χ4v) is 1.98. The SMILES string of the molecule is CC(C)Oc1cccc(C(=O)Nc2ccc(C(=O)O)c(O)c2)c1. The first-order valence-electron chi connectivity index (χ1n) is 7.01. The molecule has 6 nitrogen and oxygen atoms in total. The van der Waals surface area contributed by atoms with E-state index in [1.165, 1.54) is 18.2 Å². The van der Waals surface area contributed by atoms with E-state index in [4.69, 9.17) is 9.84 Å². The summed E-state index contributed by atoms with van der Waals surface area (Å²) in [7, 11) is 0. The Morgan fingerprint density at radius 2 is 1.87 bits per heavy atom. The molecule has 0 saturated heterocycles. The maximum absolute atomic E-state index is 12.2. The number of carbonyl (C=O) groups is 2. The lowest BCUT2D eigenvalue weighted by molar-refractivity contribution is 0.0693. The number of phenols is 1. The Hall–Kier alpha value is -3.02. The van der Waals surface area contributed by atoms with Gasteiger partial charge in [-0.15, -0.1) is 0 Å². The third-order valence-electron chi connectivity index (χ3n) is 2.95. The molecule has 0 atom stereocenters. The molecule has 0 fully saturated rings. The minimum absolute atomic E-state index is 0.00572. The summed E-state index contributed by atoms with van der Waals surface area (Å²) in [6, 6.07) is 10.5. The summed E-state index contributed by atoms with van der Waals surface area (Å²) in [4.78, 5) is 23.1. The van der Waals surface area contributed by atoms with E-state index >= 15 is 0 Å². The molecule has 2 aromatic carbocycles. The van der Waals surface area contributed by atoms with Crippen molar-refractivity contribution in [2.45, 2.75) is 20.0 Å². The van der Waals surface area contributed by atoms with Crippen LogP contribution in [0.4, 0.5) is 5.69 Å². The average Bonchev–Trinajstić information content (AvgIpc) is 2.46. The summed E-state index contributed by atoms with van der Waals surface area (Å²) in [5.41, 5.74) is 0.466. The number of rotatable bonds is 5. The van der Waals surface area contributed by atoms with Crippen molar-refractivity contribution in [2.24, 2.45) is 0 Å². The zero-order valence-corrected chi connectivity index (χ0v) is 12.7. The van der Waals surface area contributed by atoms with E-state index in [2.05, 4.69) is 5.32 Å². The molecule has 0 aliphatic carbocycles. The third kappa shape index (κ3) is 4.23. The highest BCUT2D eigenvalue weighted by Crippen LogP contribution is 2.23. The van der Waals surface area contributed by atoms with Crippen molar-refractivity contribution in [3.05, 3.63) is 53.6 Å². The Morgan fingerprint density at radius 3 is 2.48 bits per heavy atom. The zero-order valence-electron chi connectivity index (χ0n) is 12.7. The Balaban J connectivity index is 2.16. The van der Waals surface area contributed by atoms with Crippen molar-refractivity contribution in [2.75, 3.05) is 5.32 Å². The van der Waals surface area contributed by atoms with E-state index in [1.807, 2.05) is 13.8 Å². The number of benzene rings is 2. The fraction of sp³-hybridized carbons (Fsp3) is 0.176. The van der Waals surface area contributed by atoms with Crippen LogP contribution >= 0.6 is 0 Å². The number of nitrogens with one attached hydrogen (secondary N) is 1. The zero-order chi connectivity index (χ0) is 17.0. The summed E-state index contributed by atoms with van der Waals surface area (Å²) in [6.45, 7) is 3.78. The molecular formula is C17H17NO5. The Bertz CT molecular complexity index is 740. The van der Waals surface area contributed by atoms with E-state index in [-0.39, 0.29) is 17.6 Å². The molecule has 0 bridgehead atoms. The number of hydrogen-bond donors (Lipinski definition) is 3. The van der Waals surface area contributed by atoms with Gasteiger partial charge in [-0.05, 0) is 44.2 Å². The van der Waals surface area contributed by atoms with Crippen LogP contribution in [0.2, 0.25) is 0 Å². The van der Waals surface area contributed by atoms with Gasteiger partial charge in [0.2, 0.25) is 0 Å². The van der Waals surface area contributed by atoms with Gasteiger partial charge < -0.3 is 20.3 Å². The first-order chi connectivity index (χ1) is 10.9. The van der Waals surface area contributed by atoms with E-state index in [9.17, 15) is 14.7 Å². The highest BCUT2D eigenvalue weighted by atomic mass is 16.5. The van der Waals surface area contributed by atoms with Gasteiger partial charge in [0.1, 0.15) is 17.1 Å². The van der Waals surface area contributed by atoms with Crippen molar-refractivity contribution in [1.82, 2.24) is 0 Å². The van der Waals surface area contributed by atoms with Crippen LogP contribution in [0.5, 0.6) is 11.5 Å². The Labute approximate surface area is 133 Å². The van der Waals surface area contributed by atoms with Gasteiger partial charge in [-0.25, -0.2) is 4.79 Å². The van der Waals surface area contributed by atoms with E-state index in [0.29, 0.717) is 17.0 Å². The van der Waals surface area contributed by atoms with Crippen molar-refractivity contribution in [3.63, 3.8) is 0 Å². The number of carboxylic acid groups (broad SMARTS) is 1. The molecule has 6 heteroatoms. The number of carbonyl (C=O) groups excluding carboxylic acids is 1. The van der Waals surface area contributed by atoms with Gasteiger partial charge in [-0.2, -0.15) is 0 Å². The number of amides is 1. The predicted molar refractivity (Wildman–Crippen MR) is 85.2 cm³/mol. The molecule has 0 unspecified atom stereocenters. The second-order valence-corrected chi connectivity index (χ2v) is 5.19. The molecule has 0 radical (unpaired) electrons. The minimum atomic E-state index is -1.24. The second kappa shape index (κ2) is 6.83. The standard InChI is InChI=1S/C17H17NO5/c1-10(2)23-13-5-3-4-11(8-13)16(20)18-12-6-7-14(17(21)22)15(19)9-12/h3-10,19H,1-2H3,(H,18,20)(H,21,22). The summed E-state index contributed by atoms with van der Waals surface area (Å²) in [5, 5.41) is 21.1. The molecule has 3 N–H and O–H groups in total. The lowest BCUT2D eigenvalue weighted by Crippen LogP contribution is -2.13. The van der Waals surface area contributed by atoms with Crippen LogP contribution in [-0.4, -0.2) is 28.2 Å². The van der Waals surface area contributed by atoms with Crippen molar-refractivity contribution in [3.8, 4) is 11.5 Å².